The molecule has 0 bridgehead atoms. The predicted octanol–water partition coefficient (Wildman–Crippen LogP) is 4.18. The maximum Gasteiger partial charge on any atom is 0.261 e. The number of aromatic nitrogens is 5. The summed E-state index contributed by atoms with van der Waals surface area (Å²) in [5, 5.41) is 10.3. The number of anilines is 1. The number of H-pyrrole nitrogens is 1. The van der Waals surface area contributed by atoms with Crippen LogP contribution in [0.4, 0.5) is 5.69 Å². The molecule has 2 aliphatic carbocycles. The second-order valence-electron chi connectivity index (χ2n) is 9.25. The molecule has 2 aliphatic rings. The van der Waals surface area contributed by atoms with Gasteiger partial charge in [0.05, 0.1) is 28.8 Å². The summed E-state index contributed by atoms with van der Waals surface area (Å²) in [5.41, 5.74) is 3.42. The SMILES string of the molecule is O=C(NC1CC1)c1cn(C2CCCCC2)cc1NC(=O)c1cnn2ccc(-c3ccc[nH]3)nc12. The van der Waals surface area contributed by atoms with Gasteiger partial charge in [0.15, 0.2) is 5.65 Å². The van der Waals surface area contributed by atoms with Crippen LogP contribution in [-0.2, 0) is 0 Å². The molecule has 6 rings (SSSR count). The van der Waals surface area contributed by atoms with Gasteiger partial charge in [-0.1, -0.05) is 19.3 Å². The van der Waals surface area contributed by atoms with E-state index in [1.165, 1.54) is 25.5 Å². The van der Waals surface area contributed by atoms with Crippen molar-refractivity contribution in [3.8, 4) is 11.4 Å². The standard InChI is InChI=1S/C25H27N7O2/c33-24(18-13-27-32-12-10-21(29-23(18)32)20-7-4-11-26-20)30-22-15-31(17-5-2-1-3-6-17)14-19(22)25(34)28-16-8-9-16/h4,7,10-17,26H,1-3,5-6,8-9H2,(H,28,34)(H,30,33). The Bertz CT molecular complexity index is 1340. The van der Waals surface area contributed by atoms with E-state index in [0.29, 0.717) is 28.5 Å². The van der Waals surface area contributed by atoms with E-state index in [1.807, 2.05) is 36.8 Å². The summed E-state index contributed by atoms with van der Waals surface area (Å²) >= 11 is 0. The van der Waals surface area contributed by atoms with Crippen molar-refractivity contribution >= 4 is 23.1 Å². The first kappa shape index (κ1) is 20.7. The average Bonchev–Trinajstić information content (AvgIpc) is 3.25. The summed E-state index contributed by atoms with van der Waals surface area (Å²) in [4.78, 5) is 34.1. The Balaban J connectivity index is 1.31. The first-order chi connectivity index (χ1) is 16.7. The van der Waals surface area contributed by atoms with Crippen LogP contribution >= 0.6 is 0 Å². The number of hydrogen-bond donors (Lipinski definition) is 3. The molecule has 2 saturated carbocycles. The molecule has 4 aromatic rings. The van der Waals surface area contributed by atoms with Crippen LogP contribution in [0.1, 0.15) is 71.7 Å². The van der Waals surface area contributed by atoms with Crippen molar-refractivity contribution < 1.29 is 9.59 Å². The number of hydrogen-bond acceptors (Lipinski definition) is 4. The number of amides is 2. The Morgan fingerprint density at radius 1 is 1.00 bits per heavy atom. The normalized spacial score (nSPS) is 16.6. The van der Waals surface area contributed by atoms with Crippen LogP contribution in [0.15, 0.2) is 49.2 Å². The Kier molecular flexibility index (Phi) is 5.16. The summed E-state index contributed by atoms with van der Waals surface area (Å²) < 4.78 is 3.68. The molecule has 34 heavy (non-hydrogen) atoms. The molecule has 174 valence electrons. The molecule has 2 fully saturated rings. The van der Waals surface area contributed by atoms with E-state index < -0.39 is 0 Å². The van der Waals surface area contributed by atoms with Crippen LogP contribution in [-0.4, -0.2) is 42.0 Å². The molecule has 3 N–H and O–H groups in total. The third kappa shape index (κ3) is 3.98. The molecule has 0 aliphatic heterocycles. The molecule has 9 nitrogen and oxygen atoms in total. The molecule has 0 radical (unpaired) electrons. The molecule has 2 amide bonds. The predicted molar refractivity (Wildman–Crippen MR) is 128 cm³/mol. The largest absolute Gasteiger partial charge is 0.360 e. The Hall–Kier alpha value is -3.88. The fourth-order valence-electron chi connectivity index (χ4n) is 4.69. The lowest BCUT2D eigenvalue weighted by Crippen LogP contribution is -2.26. The topological polar surface area (TPSA) is 109 Å². The van der Waals surface area contributed by atoms with Gasteiger partial charge in [-0.05, 0) is 43.9 Å². The third-order valence-electron chi connectivity index (χ3n) is 6.74. The van der Waals surface area contributed by atoms with Gasteiger partial charge < -0.3 is 20.2 Å². The maximum atomic E-state index is 13.3. The number of nitrogens with zero attached hydrogens (tertiary/aromatic N) is 4. The minimum absolute atomic E-state index is 0.139. The lowest BCUT2D eigenvalue weighted by Gasteiger charge is -2.23. The van der Waals surface area contributed by atoms with Crippen LogP contribution in [0, 0.1) is 0 Å². The smallest absolute Gasteiger partial charge is 0.261 e. The van der Waals surface area contributed by atoms with Gasteiger partial charge in [0.2, 0.25) is 0 Å². The van der Waals surface area contributed by atoms with Crippen molar-refractivity contribution in [2.45, 2.75) is 57.0 Å². The van der Waals surface area contributed by atoms with Crippen LogP contribution < -0.4 is 10.6 Å². The first-order valence-electron chi connectivity index (χ1n) is 12.0. The molecule has 0 atom stereocenters. The van der Waals surface area contributed by atoms with Gasteiger partial charge in [0.25, 0.3) is 11.8 Å². The molecule has 4 heterocycles. The van der Waals surface area contributed by atoms with E-state index in [-0.39, 0.29) is 17.9 Å². The maximum absolute atomic E-state index is 13.3. The van der Waals surface area contributed by atoms with Crippen molar-refractivity contribution in [3.05, 3.63) is 60.3 Å². The quantitative estimate of drug-likeness (QED) is 0.404. The van der Waals surface area contributed by atoms with Crippen molar-refractivity contribution in [2.24, 2.45) is 0 Å². The summed E-state index contributed by atoms with van der Waals surface area (Å²) in [5.74, 6) is -0.479. The second-order valence-corrected chi connectivity index (χ2v) is 9.25. The van der Waals surface area contributed by atoms with Crippen LogP contribution in [0.3, 0.4) is 0 Å². The summed E-state index contributed by atoms with van der Waals surface area (Å²) in [6.45, 7) is 0. The van der Waals surface area contributed by atoms with E-state index in [9.17, 15) is 9.59 Å². The minimum atomic E-state index is -0.340. The highest BCUT2D eigenvalue weighted by molar-refractivity contribution is 6.11. The molecular weight excluding hydrogens is 430 g/mol. The number of carbonyl (C=O) groups excluding carboxylic acids is 2. The van der Waals surface area contributed by atoms with Gasteiger partial charge in [-0.3, -0.25) is 9.59 Å². The highest BCUT2D eigenvalue weighted by atomic mass is 16.2. The van der Waals surface area contributed by atoms with E-state index in [0.717, 1.165) is 37.1 Å². The van der Waals surface area contributed by atoms with Crippen molar-refractivity contribution in [2.75, 3.05) is 5.32 Å². The first-order valence-corrected chi connectivity index (χ1v) is 12.0. The fourth-order valence-corrected chi connectivity index (χ4v) is 4.69. The van der Waals surface area contributed by atoms with Crippen molar-refractivity contribution in [1.29, 1.82) is 0 Å². The van der Waals surface area contributed by atoms with Crippen molar-refractivity contribution in [3.63, 3.8) is 0 Å². The third-order valence-corrected chi connectivity index (χ3v) is 6.74. The van der Waals surface area contributed by atoms with E-state index in [1.54, 1.807) is 10.7 Å². The monoisotopic (exact) mass is 457 g/mol. The highest BCUT2D eigenvalue weighted by Crippen LogP contribution is 2.32. The lowest BCUT2D eigenvalue weighted by molar-refractivity contribution is 0.0951. The van der Waals surface area contributed by atoms with Gasteiger partial charge >= 0.3 is 0 Å². The summed E-state index contributed by atoms with van der Waals surface area (Å²) in [6, 6.07) is 6.26. The lowest BCUT2D eigenvalue weighted by atomic mass is 9.95. The molecule has 0 unspecified atom stereocenters. The van der Waals surface area contributed by atoms with Gasteiger partial charge in [0.1, 0.15) is 5.56 Å². The average molecular weight is 458 g/mol. The van der Waals surface area contributed by atoms with Crippen molar-refractivity contribution in [1.82, 2.24) is 29.5 Å². The Labute approximate surface area is 196 Å². The van der Waals surface area contributed by atoms with Gasteiger partial charge in [-0.2, -0.15) is 5.10 Å². The Morgan fingerprint density at radius 3 is 2.62 bits per heavy atom. The number of rotatable bonds is 6. The fraction of sp³-hybridized carbons (Fsp3) is 0.360. The highest BCUT2D eigenvalue weighted by Gasteiger charge is 2.28. The molecule has 0 saturated heterocycles. The zero-order chi connectivity index (χ0) is 23.1. The summed E-state index contributed by atoms with van der Waals surface area (Å²) in [7, 11) is 0. The summed E-state index contributed by atoms with van der Waals surface area (Å²) in [6.07, 6.45) is 16.7. The second kappa shape index (κ2) is 8.48. The molecule has 0 aromatic carbocycles. The number of nitrogens with one attached hydrogen (secondary N) is 3. The van der Waals surface area contributed by atoms with Gasteiger partial charge in [-0.25, -0.2) is 9.50 Å². The van der Waals surface area contributed by atoms with Crippen LogP contribution in [0.25, 0.3) is 17.0 Å². The number of carbonyl (C=O) groups is 2. The molecule has 9 heteroatoms. The number of fused-ring (bicyclic) bond motifs is 1. The Morgan fingerprint density at radius 2 is 1.85 bits per heavy atom. The zero-order valence-corrected chi connectivity index (χ0v) is 18.8. The van der Waals surface area contributed by atoms with Gasteiger partial charge in [-0.15, -0.1) is 0 Å². The van der Waals surface area contributed by atoms with E-state index >= 15 is 0 Å². The number of aromatic amines is 1. The molecular formula is C25H27N7O2. The van der Waals surface area contributed by atoms with E-state index in [2.05, 4.69) is 30.3 Å². The van der Waals surface area contributed by atoms with E-state index in [4.69, 9.17) is 0 Å². The molecule has 0 spiro atoms. The zero-order valence-electron chi connectivity index (χ0n) is 18.8. The van der Waals surface area contributed by atoms with Crippen LogP contribution in [0.5, 0.6) is 0 Å². The minimum Gasteiger partial charge on any atom is -0.360 e. The molecule has 4 aromatic heterocycles. The van der Waals surface area contributed by atoms with Crippen LogP contribution in [0.2, 0.25) is 0 Å². The van der Waals surface area contributed by atoms with Gasteiger partial charge in [0, 0.05) is 36.9 Å².